The minimum Gasteiger partial charge on any atom is -0.493 e. The fourth-order valence-corrected chi connectivity index (χ4v) is 4.79. The normalized spacial score (nSPS) is 17.4. The van der Waals surface area contributed by atoms with Crippen molar-refractivity contribution < 1.29 is 22.7 Å². The Morgan fingerprint density at radius 2 is 2.03 bits per heavy atom. The number of urea groups is 1. The number of imidazole rings is 1. The van der Waals surface area contributed by atoms with E-state index in [1.807, 2.05) is 0 Å². The molecule has 31 heavy (non-hydrogen) atoms. The Labute approximate surface area is 180 Å². The number of carbonyl (C=O) groups excluding carboxylic acids is 2. The summed E-state index contributed by atoms with van der Waals surface area (Å²) in [6.07, 6.45) is 6.26. The highest BCUT2D eigenvalue weighted by Crippen LogP contribution is 2.26. The average Bonchev–Trinajstić information content (AvgIpc) is 3.48. The molecule has 1 aliphatic carbocycles. The van der Waals surface area contributed by atoms with Crippen molar-refractivity contribution in [1.82, 2.24) is 24.9 Å². The van der Waals surface area contributed by atoms with Crippen LogP contribution in [0.25, 0.3) is 0 Å². The predicted octanol–water partition coefficient (Wildman–Crippen LogP) is 1.51. The van der Waals surface area contributed by atoms with Gasteiger partial charge >= 0.3 is 6.03 Å². The quantitative estimate of drug-likeness (QED) is 0.499. The van der Waals surface area contributed by atoms with Gasteiger partial charge in [-0.25, -0.2) is 22.9 Å². The number of hydrogen-bond acceptors (Lipinski definition) is 6. The molecule has 0 unspecified atom stereocenters. The van der Waals surface area contributed by atoms with Gasteiger partial charge in [0.25, 0.3) is 0 Å². The smallest absolute Gasteiger partial charge is 0.324 e. The van der Waals surface area contributed by atoms with E-state index in [1.54, 1.807) is 12.1 Å². The summed E-state index contributed by atoms with van der Waals surface area (Å²) in [5.41, 5.74) is 0.540. The van der Waals surface area contributed by atoms with Crippen LogP contribution >= 0.6 is 0 Å². The van der Waals surface area contributed by atoms with E-state index in [4.69, 9.17) is 4.74 Å². The molecule has 1 aliphatic heterocycles. The van der Waals surface area contributed by atoms with Gasteiger partial charge in [-0.15, -0.1) is 0 Å². The van der Waals surface area contributed by atoms with E-state index in [-0.39, 0.29) is 30.4 Å². The average molecular weight is 448 g/mol. The van der Waals surface area contributed by atoms with Crippen LogP contribution in [0, 0.1) is 5.92 Å². The van der Waals surface area contributed by atoms with Gasteiger partial charge in [0, 0.05) is 18.0 Å². The van der Waals surface area contributed by atoms with E-state index < -0.39 is 16.1 Å². The molecular weight excluding hydrogens is 422 g/mol. The first-order valence-electron chi connectivity index (χ1n) is 10.2. The van der Waals surface area contributed by atoms with Crippen molar-refractivity contribution in [2.75, 3.05) is 13.2 Å². The first-order chi connectivity index (χ1) is 14.9. The summed E-state index contributed by atoms with van der Waals surface area (Å²) in [4.78, 5) is 31.4. The number of aromatic nitrogens is 2. The zero-order chi connectivity index (χ0) is 21.8. The molecular formula is C20H25N5O5S. The number of amides is 3. The number of rotatable bonds is 9. The van der Waals surface area contributed by atoms with Crippen LogP contribution in [0.15, 0.2) is 35.4 Å². The lowest BCUT2D eigenvalue weighted by molar-refractivity contribution is -0.118. The largest absolute Gasteiger partial charge is 0.493 e. The summed E-state index contributed by atoms with van der Waals surface area (Å²) in [5.74, 6) is 1.18. The molecule has 2 heterocycles. The van der Waals surface area contributed by atoms with Crippen LogP contribution in [0.3, 0.4) is 0 Å². The van der Waals surface area contributed by atoms with Crippen LogP contribution in [-0.2, 0) is 27.9 Å². The third kappa shape index (κ3) is 5.42. The number of carbonyl (C=O) groups is 2. The van der Waals surface area contributed by atoms with Gasteiger partial charge in [-0.1, -0.05) is 18.9 Å². The Bertz CT molecular complexity index is 1060. The molecule has 11 heteroatoms. The Morgan fingerprint density at radius 1 is 1.23 bits per heavy atom. The number of nitrogens with zero attached hydrogens (tertiary/aromatic N) is 2. The molecule has 166 valence electrons. The zero-order valence-corrected chi connectivity index (χ0v) is 17.8. The van der Waals surface area contributed by atoms with E-state index in [1.165, 1.54) is 36.1 Å². The third-order valence-electron chi connectivity index (χ3n) is 5.42. The number of imide groups is 1. The molecule has 2 aliphatic rings. The standard InChI is InChI=1S/C20H25N5O5S/c26-19-12-25(20(27)24-19)11-18-21-9-15(23-18)10-22-31(28,29)17-7-3-6-16(8-17)30-13-14-4-1-2-5-14/h3,6-9,14,22H,1-2,4-5,10-13H2,(H,21,23)(H,24,26,27). The SMILES string of the molecule is O=C1CN(Cc2ncc(CNS(=O)(=O)c3cccc(OCC4CCCC4)c3)[nH]2)C(=O)N1. The summed E-state index contributed by atoms with van der Waals surface area (Å²) in [7, 11) is -3.74. The lowest BCUT2D eigenvalue weighted by Gasteiger charge is -2.12. The van der Waals surface area contributed by atoms with E-state index in [2.05, 4.69) is 20.0 Å². The Hall–Kier alpha value is -2.92. The summed E-state index contributed by atoms with van der Waals surface area (Å²) >= 11 is 0. The van der Waals surface area contributed by atoms with Gasteiger partial charge < -0.3 is 14.6 Å². The molecule has 1 aromatic carbocycles. The van der Waals surface area contributed by atoms with Gasteiger partial charge in [0.05, 0.1) is 24.6 Å². The van der Waals surface area contributed by atoms with Crippen molar-refractivity contribution in [2.45, 2.75) is 43.7 Å². The van der Waals surface area contributed by atoms with Crippen LogP contribution < -0.4 is 14.8 Å². The number of hydrogen-bond donors (Lipinski definition) is 3. The molecule has 2 aromatic rings. The van der Waals surface area contributed by atoms with Gasteiger partial charge in [0.1, 0.15) is 18.1 Å². The van der Waals surface area contributed by atoms with Gasteiger partial charge in [-0.2, -0.15) is 0 Å². The number of nitrogens with one attached hydrogen (secondary N) is 3. The summed E-state index contributed by atoms with van der Waals surface area (Å²) in [5, 5.41) is 2.19. The minimum atomic E-state index is -3.74. The Kier molecular flexibility index (Phi) is 6.23. The van der Waals surface area contributed by atoms with Crippen LogP contribution in [-0.4, -0.2) is 48.4 Å². The highest BCUT2D eigenvalue weighted by atomic mass is 32.2. The first kappa shape index (κ1) is 21.3. The van der Waals surface area contributed by atoms with Crippen molar-refractivity contribution in [3.05, 3.63) is 42.0 Å². The summed E-state index contributed by atoms with van der Waals surface area (Å²) < 4.78 is 33.7. The predicted molar refractivity (Wildman–Crippen MR) is 110 cm³/mol. The van der Waals surface area contributed by atoms with Crippen molar-refractivity contribution in [3.8, 4) is 5.75 Å². The van der Waals surface area contributed by atoms with Crippen molar-refractivity contribution in [3.63, 3.8) is 0 Å². The molecule has 3 N–H and O–H groups in total. The highest BCUT2D eigenvalue weighted by molar-refractivity contribution is 7.89. The minimum absolute atomic E-state index is 0.00756. The molecule has 1 saturated heterocycles. The first-order valence-corrected chi connectivity index (χ1v) is 11.7. The van der Waals surface area contributed by atoms with Crippen molar-refractivity contribution in [2.24, 2.45) is 5.92 Å². The number of ether oxygens (including phenoxy) is 1. The fourth-order valence-electron chi connectivity index (χ4n) is 3.75. The van der Waals surface area contributed by atoms with Crippen LogP contribution in [0.4, 0.5) is 4.79 Å². The molecule has 0 atom stereocenters. The van der Waals surface area contributed by atoms with Crippen molar-refractivity contribution >= 4 is 22.0 Å². The summed E-state index contributed by atoms with van der Waals surface area (Å²) in [6, 6.07) is 5.99. The molecule has 10 nitrogen and oxygen atoms in total. The Balaban J connectivity index is 1.33. The van der Waals surface area contributed by atoms with Crippen LogP contribution in [0.1, 0.15) is 37.2 Å². The monoisotopic (exact) mass is 447 g/mol. The van der Waals surface area contributed by atoms with Gasteiger partial charge in [-0.3, -0.25) is 10.1 Å². The van der Waals surface area contributed by atoms with Gasteiger partial charge in [-0.05, 0) is 30.9 Å². The van der Waals surface area contributed by atoms with Crippen molar-refractivity contribution in [1.29, 1.82) is 0 Å². The van der Waals surface area contributed by atoms with Crippen LogP contribution in [0.5, 0.6) is 5.75 Å². The third-order valence-corrected chi connectivity index (χ3v) is 6.82. The Morgan fingerprint density at radius 3 is 2.77 bits per heavy atom. The molecule has 0 bridgehead atoms. The van der Waals surface area contributed by atoms with E-state index in [0.29, 0.717) is 29.8 Å². The second kappa shape index (κ2) is 9.06. The molecule has 4 rings (SSSR count). The lowest BCUT2D eigenvalue weighted by Crippen LogP contribution is -2.28. The van der Waals surface area contributed by atoms with Gasteiger partial charge in [0.15, 0.2) is 0 Å². The second-order valence-electron chi connectivity index (χ2n) is 7.83. The molecule has 1 aromatic heterocycles. The number of sulfonamides is 1. The maximum absolute atomic E-state index is 12.7. The maximum Gasteiger partial charge on any atom is 0.324 e. The fraction of sp³-hybridized carbons (Fsp3) is 0.450. The molecule has 3 amide bonds. The van der Waals surface area contributed by atoms with E-state index in [9.17, 15) is 18.0 Å². The maximum atomic E-state index is 12.7. The molecule has 0 spiro atoms. The van der Waals surface area contributed by atoms with E-state index in [0.717, 1.165) is 12.8 Å². The topological polar surface area (TPSA) is 133 Å². The van der Waals surface area contributed by atoms with Gasteiger partial charge in [0.2, 0.25) is 15.9 Å². The molecule has 2 fully saturated rings. The molecule has 1 saturated carbocycles. The lowest BCUT2D eigenvalue weighted by atomic mass is 10.1. The van der Waals surface area contributed by atoms with E-state index >= 15 is 0 Å². The number of benzene rings is 1. The number of H-pyrrole nitrogens is 1. The second-order valence-corrected chi connectivity index (χ2v) is 9.59. The highest BCUT2D eigenvalue weighted by Gasteiger charge is 2.27. The zero-order valence-electron chi connectivity index (χ0n) is 17.0. The van der Waals surface area contributed by atoms with Crippen LogP contribution in [0.2, 0.25) is 0 Å². The number of aromatic amines is 1. The molecule has 0 radical (unpaired) electrons. The summed E-state index contributed by atoms with van der Waals surface area (Å²) in [6.45, 7) is 0.716.